The second-order valence-corrected chi connectivity index (χ2v) is 4.17. The molecule has 0 aromatic carbocycles. The van der Waals surface area contributed by atoms with Crippen LogP contribution in [0.15, 0.2) is 16.8 Å². The molecule has 2 N–H and O–H groups in total. The van der Waals surface area contributed by atoms with Gasteiger partial charge in [0.2, 0.25) is 0 Å². The van der Waals surface area contributed by atoms with Gasteiger partial charge in [0.05, 0.1) is 0 Å². The monoisotopic (exact) mass is 197 g/mol. The van der Waals surface area contributed by atoms with Crippen LogP contribution in [0.5, 0.6) is 0 Å². The predicted octanol–water partition coefficient (Wildman–Crippen LogP) is 1.84. The number of ketones is 1. The standard InChI is InChI=1S/C10H15NOS/c1-8(6-11)4-10(12)5-9-2-3-13-7-9/h2-3,7-8H,4-6,11H2,1H3. The van der Waals surface area contributed by atoms with Crippen molar-refractivity contribution in [1.29, 1.82) is 0 Å². The minimum absolute atomic E-state index is 0.288. The van der Waals surface area contributed by atoms with E-state index in [9.17, 15) is 4.79 Å². The average Bonchev–Trinajstić information content (AvgIpc) is 2.56. The van der Waals surface area contributed by atoms with Gasteiger partial charge in [-0.3, -0.25) is 4.79 Å². The Morgan fingerprint density at radius 1 is 1.69 bits per heavy atom. The first kappa shape index (κ1) is 10.4. The van der Waals surface area contributed by atoms with Gasteiger partial charge >= 0.3 is 0 Å². The summed E-state index contributed by atoms with van der Waals surface area (Å²) in [7, 11) is 0. The van der Waals surface area contributed by atoms with Gasteiger partial charge in [-0.1, -0.05) is 6.92 Å². The second kappa shape index (κ2) is 5.14. The molecular formula is C10H15NOS. The van der Waals surface area contributed by atoms with Crippen LogP contribution in [0.3, 0.4) is 0 Å². The van der Waals surface area contributed by atoms with Crippen LogP contribution in [0, 0.1) is 5.92 Å². The van der Waals surface area contributed by atoms with Gasteiger partial charge in [0.15, 0.2) is 0 Å². The number of Topliss-reactive ketones (excluding diaryl/α,β-unsaturated/α-hetero) is 1. The smallest absolute Gasteiger partial charge is 0.137 e. The Morgan fingerprint density at radius 2 is 2.46 bits per heavy atom. The highest BCUT2D eigenvalue weighted by molar-refractivity contribution is 7.07. The zero-order valence-corrected chi connectivity index (χ0v) is 8.64. The lowest BCUT2D eigenvalue weighted by Crippen LogP contribution is -2.16. The maximum atomic E-state index is 11.4. The molecule has 13 heavy (non-hydrogen) atoms. The first-order valence-corrected chi connectivity index (χ1v) is 5.39. The van der Waals surface area contributed by atoms with Crippen molar-refractivity contribution >= 4 is 17.1 Å². The lowest BCUT2D eigenvalue weighted by molar-refractivity contribution is -0.119. The Morgan fingerprint density at radius 3 is 3.00 bits per heavy atom. The first-order chi connectivity index (χ1) is 6.22. The summed E-state index contributed by atoms with van der Waals surface area (Å²) >= 11 is 1.63. The third-order valence-electron chi connectivity index (χ3n) is 1.96. The molecule has 0 saturated carbocycles. The highest BCUT2D eigenvalue weighted by atomic mass is 32.1. The van der Waals surface area contributed by atoms with E-state index >= 15 is 0 Å². The largest absolute Gasteiger partial charge is 0.330 e. The summed E-state index contributed by atoms with van der Waals surface area (Å²) in [6.45, 7) is 2.60. The summed E-state index contributed by atoms with van der Waals surface area (Å²) in [6, 6.07) is 2.00. The van der Waals surface area contributed by atoms with Crippen LogP contribution in [0.4, 0.5) is 0 Å². The third-order valence-corrected chi connectivity index (χ3v) is 2.69. The Balaban J connectivity index is 2.34. The van der Waals surface area contributed by atoms with Gasteiger partial charge in [0, 0.05) is 12.8 Å². The highest BCUT2D eigenvalue weighted by Crippen LogP contribution is 2.09. The fourth-order valence-corrected chi connectivity index (χ4v) is 1.83. The molecule has 0 spiro atoms. The second-order valence-electron chi connectivity index (χ2n) is 3.39. The van der Waals surface area contributed by atoms with Gasteiger partial charge in [-0.2, -0.15) is 11.3 Å². The van der Waals surface area contributed by atoms with Crippen LogP contribution in [-0.4, -0.2) is 12.3 Å². The molecule has 1 unspecified atom stereocenters. The molecular weight excluding hydrogens is 182 g/mol. The first-order valence-electron chi connectivity index (χ1n) is 4.45. The number of thiophene rings is 1. The van der Waals surface area contributed by atoms with Crippen molar-refractivity contribution < 1.29 is 4.79 Å². The van der Waals surface area contributed by atoms with Crippen LogP contribution in [0.25, 0.3) is 0 Å². The number of carbonyl (C=O) groups is 1. The quantitative estimate of drug-likeness (QED) is 0.782. The Kier molecular flexibility index (Phi) is 4.12. The van der Waals surface area contributed by atoms with E-state index in [4.69, 9.17) is 5.73 Å². The van der Waals surface area contributed by atoms with Crippen molar-refractivity contribution in [3.63, 3.8) is 0 Å². The summed E-state index contributed by atoms with van der Waals surface area (Å²) in [4.78, 5) is 11.4. The number of rotatable bonds is 5. The lowest BCUT2D eigenvalue weighted by Gasteiger charge is -2.05. The maximum absolute atomic E-state index is 11.4. The van der Waals surface area contributed by atoms with Crippen LogP contribution in [-0.2, 0) is 11.2 Å². The lowest BCUT2D eigenvalue weighted by atomic mass is 10.0. The zero-order chi connectivity index (χ0) is 9.68. The highest BCUT2D eigenvalue weighted by Gasteiger charge is 2.08. The van der Waals surface area contributed by atoms with E-state index in [1.165, 1.54) is 0 Å². The molecule has 0 aliphatic rings. The molecule has 0 aliphatic heterocycles. The van der Waals surface area contributed by atoms with Crippen molar-refractivity contribution in [2.75, 3.05) is 6.54 Å². The Labute approximate surface area is 82.8 Å². The van der Waals surface area contributed by atoms with Gasteiger partial charge in [-0.25, -0.2) is 0 Å². The van der Waals surface area contributed by atoms with Gasteiger partial charge < -0.3 is 5.73 Å². The number of hydrogen-bond acceptors (Lipinski definition) is 3. The van der Waals surface area contributed by atoms with Gasteiger partial charge in [0.25, 0.3) is 0 Å². The van der Waals surface area contributed by atoms with E-state index in [2.05, 4.69) is 0 Å². The fourth-order valence-electron chi connectivity index (χ4n) is 1.17. The van der Waals surface area contributed by atoms with E-state index in [0.717, 1.165) is 5.56 Å². The van der Waals surface area contributed by atoms with Crippen molar-refractivity contribution in [2.45, 2.75) is 19.8 Å². The molecule has 2 nitrogen and oxygen atoms in total. The fraction of sp³-hybridized carbons (Fsp3) is 0.500. The Bertz CT molecular complexity index is 256. The molecule has 0 aliphatic carbocycles. The van der Waals surface area contributed by atoms with E-state index in [1.54, 1.807) is 11.3 Å². The molecule has 0 saturated heterocycles. The van der Waals surface area contributed by atoms with Crippen molar-refractivity contribution in [3.8, 4) is 0 Å². The molecule has 0 amide bonds. The van der Waals surface area contributed by atoms with Crippen molar-refractivity contribution in [1.82, 2.24) is 0 Å². The molecule has 1 atom stereocenters. The van der Waals surface area contributed by atoms with E-state index in [1.807, 2.05) is 23.8 Å². The van der Waals surface area contributed by atoms with E-state index in [0.29, 0.717) is 25.3 Å². The molecule has 1 aromatic rings. The number of nitrogens with two attached hydrogens (primary N) is 1. The van der Waals surface area contributed by atoms with Crippen LogP contribution < -0.4 is 5.73 Å². The summed E-state index contributed by atoms with van der Waals surface area (Å²) in [5.74, 6) is 0.600. The summed E-state index contributed by atoms with van der Waals surface area (Å²) in [6.07, 6.45) is 1.17. The molecule has 72 valence electrons. The van der Waals surface area contributed by atoms with Crippen LogP contribution >= 0.6 is 11.3 Å². The number of hydrogen-bond donors (Lipinski definition) is 1. The zero-order valence-electron chi connectivity index (χ0n) is 7.82. The molecule has 0 bridgehead atoms. The average molecular weight is 197 g/mol. The normalized spacial score (nSPS) is 12.8. The molecule has 3 heteroatoms. The maximum Gasteiger partial charge on any atom is 0.137 e. The third kappa shape index (κ3) is 3.70. The summed E-state index contributed by atoms with van der Waals surface area (Å²) in [5.41, 5.74) is 6.57. The summed E-state index contributed by atoms with van der Waals surface area (Å²) in [5, 5.41) is 4.01. The minimum atomic E-state index is 0.288. The van der Waals surface area contributed by atoms with Crippen LogP contribution in [0.1, 0.15) is 18.9 Å². The van der Waals surface area contributed by atoms with Crippen molar-refractivity contribution in [2.24, 2.45) is 11.7 Å². The molecule has 0 radical (unpaired) electrons. The van der Waals surface area contributed by atoms with Crippen molar-refractivity contribution in [3.05, 3.63) is 22.4 Å². The van der Waals surface area contributed by atoms with Crippen LogP contribution in [0.2, 0.25) is 0 Å². The molecule has 1 aromatic heterocycles. The molecule has 1 rings (SSSR count). The minimum Gasteiger partial charge on any atom is -0.330 e. The van der Waals surface area contributed by atoms with E-state index in [-0.39, 0.29) is 5.78 Å². The summed E-state index contributed by atoms with van der Waals surface area (Å²) < 4.78 is 0. The molecule has 1 heterocycles. The molecule has 0 fully saturated rings. The van der Waals surface area contributed by atoms with Gasteiger partial charge in [0.1, 0.15) is 5.78 Å². The van der Waals surface area contributed by atoms with E-state index < -0.39 is 0 Å². The predicted molar refractivity (Wildman–Crippen MR) is 55.9 cm³/mol. The van der Waals surface area contributed by atoms with Gasteiger partial charge in [-0.05, 0) is 34.9 Å². The Hall–Kier alpha value is -0.670. The number of carbonyl (C=O) groups excluding carboxylic acids is 1. The SMILES string of the molecule is CC(CN)CC(=O)Cc1ccsc1. The van der Waals surface area contributed by atoms with Gasteiger partial charge in [-0.15, -0.1) is 0 Å². The topological polar surface area (TPSA) is 43.1 Å².